The lowest BCUT2D eigenvalue weighted by Crippen LogP contribution is -2.10. The Hall–Kier alpha value is -1.48. The highest BCUT2D eigenvalue weighted by atomic mass is 16.5. The molecule has 0 radical (unpaired) electrons. The fourth-order valence-electron chi connectivity index (χ4n) is 1.42. The molecule has 1 rings (SSSR count). The van der Waals surface area contributed by atoms with Crippen molar-refractivity contribution >= 4 is 11.6 Å². The maximum absolute atomic E-state index is 11.5. The first kappa shape index (κ1) is 12.6. The van der Waals surface area contributed by atoms with E-state index in [0.29, 0.717) is 12.8 Å². The molecule has 0 heterocycles. The van der Waals surface area contributed by atoms with Crippen LogP contribution < -0.4 is 0 Å². The number of carbonyl (C=O) groups excluding carboxylic acids is 2. The zero-order valence-electron chi connectivity index (χ0n) is 9.44. The molecule has 0 fully saturated rings. The topological polar surface area (TPSA) is 43.4 Å². The van der Waals surface area contributed by atoms with Gasteiger partial charge in [-0.25, -0.2) is 0 Å². The third-order valence-corrected chi connectivity index (χ3v) is 2.23. The van der Waals surface area contributed by atoms with Crippen LogP contribution >= 0.6 is 0 Å². The molecule has 0 saturated carbocycles. The van der Waals surface area contributed by atoms with E-state index in [0.717, 1.165) is 5.56 Å². The van der Waals surface area contributed by atoms with Gasteiger partial charge in [-0.05, 0) is 5.56 Å². The monoisotopic (exact) mass is 220 g/mol. The molecule has 0 bridgehead atoms. The second-order valence-electron chi connectivity index (χ2n) is 3.67. The molecular weight excluding hydrogens is 204 g/mol. The number of carbonyl (C=O) groups is 2. The van der Waals surface area contributed by atoms with Crippen LogP contribution in [0.2, 0.25) is 0 Å². The van der Waals surface area contributed by atoms with Gasteiger partial charge >= 0.3 is 0 Å². The Morgan fingerprint density at radius 1 is 1.06 bits per heavy atom. The number of methoxy groups -OCH3 is 1. The summed E-state index contributed by atoms with van der Waals surface area (Å²) in [6, 6.07) is 9.54. The molecule has 0 unspecified atom stereocenters. The molecule has 0 amide bonds. The number of Topliss-reactive ketones (excluding diaryl/α,β-unsaturated/α-hetero) is 2. The lowest BCUT2D eigenvalue weighted by molar-refractivity contribution is -0.126. The molecule has 16 heavy (non-hydrogen) atoms. The Morgan fingerprint density at radius 3 is 2.31 bits per heavy atom. The molecule has 0 N–H and O–H groups in total. The van der Waals surface area contributed by atoms with E-state index in [9.17, 15) is 9.59 Å². The highest BCUT2D eigenvalue weighted by molar-refractivity contribution is 5.87. The van der Waals surface area contributed by atoms with Crippen molar-refractivity contribution in [1.82, 2.24) is 0 Å². The van der Waals surface area contributed by atoms with Crippen LogP contribution in [0.4, 0.5) is 0 Å². The quantitative estimate of drug-likeness (QED) is 0.703. The van der Waals surface area contributed by atoms with Crippen LogP contribution in [0.3, 0.4) is 0 Å². The molecule has 86 valence electrons. The van der Waals surface area contributed by atoms with Gasteiger partial charge in [0.2, 0.25) is 0 Å². The Labute approximate surface area is 95.4 Å². The molecule has 0 aromatic heterocycles. The van der Waals surface area contributed by atoms with Gasteiger partial charge in [0.25, 0.3) is 0 Å². The summed E-state index contributed by atoms with van der Waals surface area (Å²) in [4.78, 5) is 22.7. The standard InChI is InChI=1S/C13H16O3/c1-16-10-13(15)8-7-12(14)9-11-5-3-2-4-6-11/h2-6H,7-10H2,1H3. The fraction of sp³-hybridized carbons (Fsp3) is 0.385. The van der Waals surface area contributed by atoms with Crippen LogP contribution in [0.25, 0.3) is 0 Å². The minimum atomic E-state index is -0.0242. The average molecular weight is 220 g/mol. The van der Waals surface area contributed by atoms with Crippen LogP contribution in [-0.2, 0) is 20.7 Å². The van der Waals surface area contributed by atoms with Crippen molar-refractivity contribution in [3.8, 4) is 0 Å². The van der Waals surface area contributed by atoms with Gasteiger partial charge in [0, 0.05) is 26.4 Å². The van der Waals surface area contributed by atoms with Gasteiger partial charge in [-0.3, -0.25) is 9.59 Å². The van der Waals surface area contributed by atoms with E-state index < -0.39 is 0 Å². The number of ketones is 2. The SMILES string of the molecule is COCC(=O)CCC(=O)Cc1ccccc1. The largest absolute Gasteiger partial charge is 0.377 e. The Bertz CT molecular complexity index is 343. The van der Waals surface area contributed by atoms with Crippen molar-refractivity contribution < 1.29 is 14.3 Å². The van der Waals surface area contributed by atoms with Crippen molar-refractivity contribution in [2.24, 2.45) is 0 Å². The van der Waals surface area contributed by atoms with Gasteiger partial charge in [0.15, 0.2) is 5.78 Å². The number of rotatable bonds is 7. The molecular formula is C13H16O3. The van der Waals surface area contributed by atoms with Crippen molar-refractivity contribution in [1.29, 1.82) is 0 Å². The van der Waals surface area contributed by atoms with Crippen LogP contribution in [0.1, 0.15) is 18.4 Å². The first-order valence-corrected chi connectivity index (χ1v) is 5.28. The summed E-state index contributed by atoms with van der Waals surface area (Å²) in [7, 11) is 1.48. The molecule has 1 aromatic carbocycles. The minimum Gasteiger partial charge on any atom is -0.377 e. The summed E-state index contributed by atoms with van der Waals surface area (Å²) in [5.41, 5.74) is 0.992. The molecule has 0 atom stereocenters. The number of hydrogen-bond donors (Lipinski definition) is 0. The summed E-state index contributed by atoms with van der Waals surface area (Å²) in [5, 5.41) is 0. The molecule has 0 spiro atoms. The van der Waals surface area contributed by atoms with E-state index in [1.807, 2.05) is 30.3 Å². The highest BCUT2D eigenvalue weighted by Gasteiger charge is 2.07. The van der Waals surface area contributed by atoms with E-state index in [1.165, 1.54) is 7.11 Å². The summed E-state index contributed by atoms with van der Waals surface area (Å²) < 4.78 is 4.69. The van der Waals surface area contributed by atoms with Crippen LogP contribution in [0.15, 0.2) is 30.3 Å². The van der Waals surface area contributed by atoms with Gasteiger partial charge in [0.05, 0.1) is 0 Å². The summed E-state index contributed by atoms with van der Waals surface area (Å²) >= 11 is 0. The summed E-state index contributed by atoms with van der Waals surface area (Å²) in [6.07, 6.45) is 0.984. The van der Waals surface area contributed by atoms with Gasteiger partial charge in [0.1, 0.15) is 12.4 Å². The van der Waals surface area contributed by atoms with Crippen molar-refractivity contribution in [2.45, 2.75) is 19.3 Å². The molecule has 3 nitrogen and oxygen atoms in total. The zero-order chi connectivity index (χ0) is 11.8. The van der Waals surface area contributed by atoms with E-state index in [1.54, 1.807) is 0 Å². The first-order valence-electron chi connectivity index (χ1n) is 5.28. The molecule has 0 saturated heterocycles. The van der Waals surface area contributed by atoms with E-state index in [2.05, 4.69) is 0 Å². The number of hydrogen-bond acceptors (Lipinski definition) is 3. The predicted octanol–water partition coefficient (Wildman–Crippen LogP) is 1.79. The summed E-state index contributed by atoms with van der Waals surface area (Å²) in [5.74, 6) is 0.0690. The maximum atomic E-state index is 11.5. The van der Waals surface area contributed by atoms with E-state index in [-0.39, 0.29) is 24.6 Å². The normalized spacial score (nSPS) is 10.1. The van der Waals surface area contributed by atoms with Crippen molar-refractivity contribution in [2.75, 3.05) is 13.7 Å². The number of ether oxygens (including phenoxy) is 1. The highest BCUT2D eigenvalue weighted by Crippen LogP contribution is 2.03. The van der Waals surface area contributed by atoms with E-state index >= 15 is 0 Å². The second kappa shape index (κ2) is 6.90. The minimum absolute atomic E-state index is 0.0242. The average Bonchev–Trinajstić information content (AvgIpc) is 2.28. The zero-order valence-corrected chi connectivity index (χ0v) is 9.44. The van der Waals surface area contributed by atoms with Gasteiger partial charge in [-0.15, -0.1) is 0 Å². The van der Waals surface area contributed by atoms with Gasteiger partial charge in [-0.2, -0.15) is 0 Å². The second-order valence-corrected chi connectivity index (χ2v) is 3.67. The Morgan fingerprint density at radius 2 is 1.69 bits per heavy atom. The third kappa shape index (κ3) is 4.84. The Kier molecular flexibility index (Phi) is 5.43. The molecule has 0 aliphatic rings. The van der Waals surface area contributed by atoms with Gasteiger partial charge < -0.3 is 4.74 Å². The molecule has 0 aliphatic carbocycles. The van der Waals surface area contributed by atoms with Crippen molar-refractivity contribution in [3.05, 3.63) is 35.9 Å². The smallest absolute Gasteiger partial charge is 0.158 e. The number of benzene rings is 1. The fourth-order valence-corrected chi connectivity index (χ4v) is 1.42. The van der Waals surface area contributed by atoms with Crippen LogP contribution in [0, 0.1) is 0 Å². The molecule has 1 aromatic rings. The van der Waals surface area contributed by atoms with Crippen LogP contribution in [0.5, 0.6) is 0 Å². The van der Waals surface area contributed by atoms with E-state index in [4.69, 9.17) is 4.74 Å². The van der Waals surface area contributed by atoms with Crippen LogP contribution in [-0.4, -0.2) is 25.3 Å². The lowest BCUT2D eigenvalue weighted by atomic mass is 10.0. The predicted molar refractivity (Wildman–Crippen MR) is 61.3 cm³/mol. The van der Waals surface area contributed by atoms with Gasteiger partial charge in [-0.1, -0.05) is 30.3 Å². The summed E-state index contributed by atoms with van der Waals surface area (Å²) in [6.45, 7) is 0.0959. The third-order valence-electron chi connectivity index (χ3n) is 2.23. The van der Waals surface area contributed by atoms with Crippen molar-refractivity contribution in [3.63, 3.8) is 0 Å². The lowest BCUT2D eigenvalue weighted by Gasteiger charge is -2.01. The Balaban J connectivity index is 2.29. The maximum Gasteiger partial charge on any atom is 0.158 e. The molecule has 3 heteroatoms. The molecule has 0 aliphatic heterocycles. The first-order chi connectivity index (χ1) is 7.72.